The maximum Gasteiger partial charge on any atom is 0.172 e. The van der Waals surface area contributed by atoms with Crippen LogP contribution in [0, 0.1) is 15.0 Å². The van der Waals surface area contributed by atoms with Crippen molar-refractivity contribution in [2.75, 3.05) is 20.6 Å². The molecule has 17 heavy (non-hydrogen) atoms. The van der Waals surface area contributed by atoms with Gasteiger partial charge in [-0.2, -0.15) is 5.26 Å². The Balaban J connectivity index is 2.90. The molecule has 0 aromatic carbocycles. The monoisotopic (exact) mass is 346 g/mol. The van der Waals surface area contributed by atoms with Gasteiger partial charge in [0.15, 0.2) is 5.69 Å². The van der Waals surface area contributed by atoms with Crippen LogP contribution in [0.25, 0.3) is 0 Å². The van der Waals surface area contributed by atoms with Gasteiger partial charge < -0.3 is 9.47 Å². The number of likely N-dealkylation sites (N-methyl/N-ethyl adjacent to an activating group) is 1. The second-order valence-corrected chi connectivity index (χ2v) is 5.36. The Hall–Kier alpha value is -0.610. The standard InChI is InChI=1S/C12H19IN4/c1-4-5-6-11-15-10(9-14)12(13)17(11)8-7-16(2)3/h4-8H2,1-3H3. The summed E-state index contributed by atoms with van der Waals surface area (Å²) in [5, 5.41) is 9.02. The molecule has 1 aromatic rings. The van der Waals surface area contributed by atoms with Crippen molar-refractivity contribution in [3.63, 3.8) is 0 Å². The van der Waals surface area contributed by atoms with E-state index in [0.29, 0.717) is 5.69 Å². The molecule has 0 N–H and O–H groups in total. The summed E-state index contributed by atoms with van der Waals surface area (Å²) < 4.78 is 3.15. The molecule has 5 heteroatoms. The molecular formula is C12H19IN4. The Labute approximate surface area is 117 Å². The van der Waals surface area contributed by atoms with Crippen LogP contribution < -0.4 is 0 Å². The fourth-order valence-electron chi connectivity index (χ4n) is 1.60. The quantitative estimate of drug-likeness (QED) is 0.743. The molecule has 0 saturated carbocycles. The smallest absolute Gasteiger partial charge is 0.172 e. The SMILES string of the molecule is CCCCc1nc(C#N)c(I)n1CCN(C)C. The van der Waals surface area contributed by atoms with E-state index in [9.17, 15) is 0 Å². The van der Waals surface area contributed by atoms with Gasteiger partial charge in [0.1, 0.15) is 15.6 Å². The molecule has 0 fully saturated rings. The Morgan fingerprint density at radius 1 is 1.47 bits per heavy atom. The van der Waals surface area contributed by atoms with Crippen LogP contribution in [0.1, 0.15) is 31.3 Å². The van der Waals surface area contributed by atoms with Crippen molar-refractivity contribution < 1.29 is 0 Å². The highest BCUT2D eigenvalue weighted by Crippen LogP contribution is 2.16. The highest BCUT2D eigenvalue weighted by atomic mass is 127. The maximum absolute atomic E-state index is 9.02. The zero-order valence-corrected chi connectivity index (χ0v) is 12.9. The predicted octanol–water partition coefficient (Wildman–Crippen LogP) is 2.26. The largest absolute Gasteiger partial charge is 0.321 e. The van der Waals surface area contributed by atoms with Crippen LogP contribution in [-0.4, -0.2) is 35.1 Å². The first-order valence-corrected chi connectivity index (χ1v) is 6.97. The number of unbranched alkanes of at least 4 members (excludes halogenated alkanes) is 1. The number of hydrogen-bond acceptors (Lipinski definition) is 3. The van der Waals surface area contributed by atoms with Crippen LogP contribution in [0.3, 0.4) is 0 Å². The highest BCUT2D eigenvalue weighted by Gasteiger charge is 2.14. The molecule has 0 unspecified atom stereocenters. The average Bonchev–Trinajstić information content (AvgIpc) is 2.60. The molecule has 1 rings (SSSR count). The zero-order chi connectivity index (χ0) is 12.8. The number of aromatic nitrogens is 2. The number of nitrogens with zero attached hydrogens (tertiary/aromatic N) is 4. The second kappa shape index (κ2) is 6.97. The van der Waals surface area contributed by atoms with Crippen molar-refractivity contribution in [2.24, 2.45) is 0 Å². The van der Waals surface area contributed by atoms with Gasteiger partial charge >= 0.3 is 0 Å². The number of aryl methyl sites for hydroxylation is 1. The van der Waals surface area contributed by atoms with Crippen molar-refractivity contribution >= 4 is 22.6 Å². The molecule has 4 nitrogen and oxygen atoms in total. The number of imidazole rings is 1. The van der Waals surface area contributed by atoms with Crippen molar-refractivity contribution in [2.45, 2.75) is 32.7 Å². The van der Waals surface area contributed by atoms with E-state index in [-0.39, 0.29) is 0 Å². The first-order valence-electron chi connectivity index (χ1n) is 5.89. The number of hydrogen-bond donors (Lipinski definition) is 0. The molecule has 94 valence electrons. The van der Waals surface area contributed by atoms with E-state index in [0.717, 1.165) is 41.9 Å². The third-order valence-corrected chi connectivity index (χ3v) is 3.71. The Morgan fingerprint density at radius 3 is 2.71 bits per heavy atom. The average molecular weight is 346 g/mol. The normalized spacial score (nSPS) is 10.8. The van der Waals surface area contributed by atoms with E-state index >= 15 is 0 Å². The lowest BCUT2D eigenvalue weighted by atomic mass is 10.2. The van der Waals surface area contributed by atoms with E-state index in [1.165, 1.54) is 0 Å². The number of halogens is 1. The molecule has 0 atom stereocenters. The molecule has 0 aliphatic carbocycles. The van der Waals surface area contributed by atoms with Crippen LogP contribution in [0.2, 0.25) is 0 Å². The maximum atomic E-state index is 9.02. The zero-order valence-electron chi connectivity index (χ0n) is 10.7. The van der Waals surface area contributed by atoms with Gasteiger partial charge in [-0.3, -0.25) is 0 Å². The molecule has 0 aliphatic rings. The van der Waals surface area contributed by atoms with E-state index in [4.69, 9.17) is 5.26 Å². The Kier molecular flexibility index (Phi) is 5.92. The summed E-state index contributed by atoms with van der Waals surface area (Å²) in [5.74, 6) is 1.05. The fraction of sp³-hybridized carbons (Fsp3) is 0.667. The molecule has 0 saturated heterocycles. The predicted molar refractivity (Wildman–Crippen MR) is 76.8 cm³/mol. The molecule has 0 amide bonds. The molecular weight excluding hydrogens is 327 g/mol. The van der Waals surface area contributed by atoms with Crippen molar-refractivity contribution in [1.82, 2.24) is 14.5 Å². The number of nitriles is 1. The molecule has 1 heterocycles. The van der Waals surface area contributed by atoms with Gasteiger partial charge in [-0.05, 0) is 43.1 Å². The lowest BCUT2D eigenvalue weighted by Crippen LogP contribution is -2.20. The first-order chi connectivity index (χ1) is 8.10. The summed E-state index contributed by atoms with van der Waals surface area (Å²) in [6.45, 7) is 4.04. The number of rotatable bonds is 6. The van der Waals surface area contributed by atoms with Crippen molar-refractivity contribution in [1.29, 1.82) is 5.26 Å². The van der Waals surface area contributed by atoms with Gasteiger partial charge in [0.05, 0.1) is 0 Å². The summed E-state index contributed by atoms with van der Waals surface area (Å²) >= 11 is 2.22. The molecule has 0 aliphatic heterocycles. The Bertz CT molecular complexity index is 403. The fourth-order valence-corrected chi connectivity index (χ4v) is 2.36. The first kappa shape index (κ1) is 14.5. The minimum Gasteiger partial charge on any atom is -0.321 e. The lowest BCUT2D eigenvalue weighted by molar-refractivity contribution is 0.378. The second-order valence-electron chi connectivity index (χ2n) is 4.34. The molecule has 0 spiro atoms. The third-order valence-electron chi connectivity index (χ3n) is 2.62. The van der Waals surface area contributed by atoms with Gasteiger partial charge in [-0.25, -0.2) is 4.98 Å². The van der Waals surface area contributed by atoms with Crippen LogP contribution >= 0.6 is 22.6 Å². The lowest BCUT2D eigenvalue weighted by Gasteiger charge is -2.13. The summed E-state index contributed by atoms with van der Waals surface area (Å²) in [7, 11) is 4.11. The van der Waals surface area contributed by atoms with Gasteiger partial charge in [0, 0.05) is 19.5 Å². The van der Waals surface area contributed by atoms with Crippen LogP contribution in [0.15, 0.2) is 0 Å². The van der Waals surface area contributed by atoms with Gasteiger partial charge in [0.25, 0.3) is 0 Å². The van der Waals surface area contributed by atoms with Gasteiger partial charge in [0.2, 0.25) is 0 Å². The highest BCUT2D eigenvalue weighted by molar-refractivity contribution is 14.1. The van der Waals surface area contributed by atoms with E-state index in [1.54, 1.807) is 0 Å². The molecule has 0 bridgehead atoms. The van der Waals surface area contributed by atoms with E-state index in [2.05, 4.69) is 64.1 Å². The summed E-state index contributed by atoms with van der Waals surface area (Å²) in [6, 6.07) is 2.17. The third kappa shape index (κ3) is 3.96. The Morgan fingerprint density at radius 2 is 2.18 bits per heavy atom. The van der Waals surface area contributed by atoms with Gasteiger partial charge in [-0.15, -0.1) is 0 Å². The summed E-state index contributed by atoms with van der Waals surface area (Å²) in [6.07, 6.45) is 3.24. The van der Waals surface area contributed by atoms with Gasteiger partial charge in [-0.1, -0.05) is 13.3 Å². The minimum atomic E-state index is 0.565. The summed E-state index contributed by atoms with van der Waals surface area (Å²) in [5.41, 5.74) is 0.565. The minimum absolute atomic E-state index is 0.565. The van der Waals surface area contributed by atoms with Crippen LogP contribution in [0.4, 0.5) is 0 Å². The van der Waals surface area contributed by atoms with Crippen molar-refractivity contribution in [3.8, 4) is 6.07 Å². The van der Waals surface area contributed by atoms with Crippen LogP contribution in [0.5, 0.6) is 0 Å². The topological polar surface area (TPSA) is 44.9 Å². The summed E-state index contributed by atoms with van der Waals surface area (Å²) in [4.78, 5) is 6.56. The molecule has 1 aromatic heterocycles. The van der Waals surface area contributed by atoms with Crippen LogP contribution in [-0.2, 0) is 13.0 Å². The van der Waals surface area contributed by atoms with E-state index < -0.39 is 0 Å². The molecule has 0 radical (unpaired) electrons. The van der Waals surface area contributed by atoms with E-state index in [1.807, 2.05) is 0 Å². The van der Waals surface area contributed by atoms with Crippen molar-refractivity contribution in [3.05, 3.63) is 15.2 Å².